The van der Waals surface area contributed by atoms with Crippen LogP contribution in [0.15, 0.2) is 42.5 Å². The zero-order valence-electron chi connectivity index (χ0n) is 19.2. The van der Waals surface area contributed by atoms with E-state index in [9.17, 15) is 19.5 Å². The van der Waals surface area contributed by atoms with Gasteiger partial charge in [-0.15, -0.1) is 0 Å². The van der Waals surface area contributed by atoms with E-state index in [1.807, 2.05) is 20.0 Å². The first-order chi connectivity index (χ1) is 15.6. The molecule has 0 saturated carbocycles. The SMILES string of the molecule is COc1ccc(C(=O)Nc2ccc3c(c2)[C@@]2(O[C@H](CCO)[C@@H]([Si](C)(C)O)[C@@H]2C)C(=O)N3)cc1. The largest absolute Gasteiger partial charge is 0.497 e. The Bertz CT molecular complexity index is 1070. The van der Waals surface area contributed by atoms with Gasteiger partial charge >= 0.3 is 0 Å². The second kappa shape index (κ2) is 8.57. The summed E-state index contributed by atoms with van der Waals surface area (Å²) in [6, 6.07) is 12.0. The number of carbonyl (C=O) groups excluding carboxylic acids is 2. The third kappa shape index (κ3) is 3.95. The standard InChI is InChI=1S/C24H30N2O6Si/c1-14-21(33(3,4)30)20(11-12-27)32-24(14)18-13-16(7-10-19(18)26-23(24)29)25-22(28)15-5-8-17(31-2)9-6-15/h5-10,13-14,20-21,27,30H,11-12H2,1-4H3,(H,25,28)(H,26,29)/t14-,20+,21-,24+/m0/s1. The van der Waals surface area contributed by atoms with E-state index in [1.54, 1.807) is 49.6 Å². The van der Waals surface area contributed by atoms with Crippen LogP contribution in [0.2, 0.25) is 18.6 Å². The van der Waals surface area contributed by atoms with Gasteiger partial charge in [0.15, 0.2) is 13.9 Å². The molecule has 4 rings (SSSR count). The average molecular weight is 471 g/mol. The molecule has 0 aliphatic carbocycles. The number of amides is 2. The van der Waals surface area contributed by atoms with Gasteiger partial charge in [0.2, 0.25) is 0 Å². The van der Waals surface area contributed by atoms with Gasteiger partial charge < -0.3 is 30.0 Å². The van der Waals surface area contributed by atoms with Gasteiger partial charge in [-0.2, -0.15) is 0 Å². The molecule has 4 N–H and O–H groups in total. The van der Waals surface area contributed by atoms with Crippen molar-refractivity contribution in [2.75, 3.05) is 24.4 Å². The van der Waals surface area contributed by atoms with E-state index < -0.39 is 20.0 Å². The molecular formula is C24H30N2O6Si. The van der Waals surface area contributed by atoms with Crippen LogP contribution in [0.5, 0.6) is 5.75 Å². The molecule has 2 aromatic rings. The number of ether oxygens (including phenoxy) is 2. The summed E-state index contributed by atoms with van der Waals surface area (Å²) in [5, 5.41) is 15.4. The number of benzene rings is 2. The van der Waals surface area contributed by atoms with Crippen molar-refractivity contribution in [1.82, 2.24) is 0 Å². The Morgan fingerprint density at radius 2 is 1.94 bits per heavy atom. The van der Waals surface area contributed by atoms with Crippen molar-refractivity contribution in [2.24, 2.45) is 5.92 Å². The van der Waals surface area contributed by atoms with Crippen LogP contribution < -0.4 is 15.4 Å². The molecule has 0 radical (unpaired) electrons. The van der Waals surface area contributed by atoms with Crippen molar-refractivity contribution >= 4 is 31.5 Å². The normalized spacial score (nSPS) is 26.2. The summed E-state index contributed by atoms with van der Waals surface area (Å²) >= 11 is 0. The number of methoxy groups -OCH3 is 1. The van der Waals surface area contributed by atoms with Crippen molar-refractivity contribution in [3.8, 4) is 5.75 Å². The van der Waals surface area contributed by atoms with Gasteiger partial charge in [0.25, 0.3) is 11.8 Å². The lowest BCUT2D eigenvalue weighted by Gasteiger charge is -2.32. The van der Waals surface area contributed by atoms with Crippen molar-refractivity contribution in [2.45, 2.75) is 43.7 Å². The van der Waals surface area contributed by atoms with E-state index in [0.717, 1.165) is 0 Å². The Labute approximate surface area is 194 Å². The van der Waals surface area contributed by atoms with E-state index in [1.165, 1.54) is 0 Å². The lowest BCUT2D eigenvalue weighted by atomic mass is 9.82. The molecule has 2 aliphatic heterocycles. The third-order valence-corrected chi connectivity index (χ3v) is 9.27. The number of hydrogen-bond donors (Lipinski definition) is 4. The predicted molar refractivity (Wildman–Crippen MR) is 127 cm³/mol. The monoisotopic (exact) mass is 470 g/mol. The quantitative estimate of drug-likeness (QED) is 0.482. The summed E-state index contributed by atoms with van der Waals surface area (Å²) in [6.07, 6.45) is -0.101. The molecule has 0 aromatic heterocycles. The van der Waals surface area contributed by atoms with Crippen LogP contribution in [0.4, 0.5) is 11.4 Å². The van der Waals surface area contributed by atoms with Gasteiger partial charge in [-0.25, -0.2) is 0 Å². The molecule has 4 atom stereocenters. The molecule has 8 nitrogen and oxygen atoms in total. The van der Waals surface area contributed by atoms with Gasteiger partial charge in [0, 0.05) is 40.6 Å². The van der Waals surface area contributed by atoms with Crippen molar-refractivity contribution in [3.63, 3.8) is 0 Å². The smallest absolute Gasteiger partial charge is 0.261 e. The molecule has 176 valence electrons. The fourth-order valence-electron chi connectivity index (χ4n) is 5.32. The van der Waals surface area contributed by atoms with Crippen LogP contribution in [0.3, 0.4) is 0 Å². The summed E-state index contributed by atoms with van der Waals surface area (Å²) in [6.45, 7) is 5.49. The second-order valence-corrected chi connectivity index (χ2v) is 13.2. The number of aliphatic hydroxyl groups excluding tert-OH is 1. The first-order valence-corrected chi connectivity index (χ1v) is 14.1. The molecule has 0 bridgehead atoms. The third-order valence-electron chi connectivity index (χ3n) is 6.76. The van der Waals surface area contributed by atoms with E-state index in [2.05, 4.69) is 10.6 Å². The number of carbonyl (C=O) groups is 2. The van der Waals surface area contributed by atoms with Gasteiger partial charge in [-0.05, 0) is 62.0 Å². The highest BCUT2D eigenvalue weighted by atomic mass is 28.4. The van der Waals surface area contributed by atoms with Crippen molar-refractivity contribution in [1.29, 1.82) is 0 Å². The van der Waals surface area contributed by atoms with E-state index in [-0.39, 0.29) is 29.9 Å². The maximum absolute atomic E-state index is 13.2. The lowest BCUT2D eigenvalue weighted by molar-refractivity contribution is -0.143. The zero-order chi connectivity index (χ0) is 24.0. The highest BCUT2D eigenvalue weighted by Gasteiger charge is 2.64. The minimum atomic E-state index is -2.72. The molecule has 2 aliphatic rings. The average Bonchev–Trinajstić information content (AvgIpc) is 3.22. The molecular weight excluding hydrogens is 440 g/mol. The molecule has 2 aromatic carbocycles. The van der Waals surface area contributed by atoms with Crippen LogP contribution in [0, 0.1) is 5.92 Å². The first-order valence-electron chi connectivity index (χ1n) is 11.0. The Kier molecular flexibility index (Phi) is 6.08. The lowest BCUT2D eigenvalue weighted by Crippen LogP contribution is -2.43. The highest BCUT2D eigenvalue weighted by molar-refractivity contribution is 6.71. The minimum absolute atomic E-state index is 0.0963. The molecule has 0 unspecified atom stereocenters. The van der Waals surface area contributed by atoms with Crippen molar-refractivity contribution < 1.29 is 29.0 Å². The molecule has 2 amide bonds. The number of rotatable bonds is 6. The number of anilines is 2. The van der Waals surface area contributed by atoms with Crippen LogP contribution in [-0.4, -0.2) is 49.9 Å². The Hall–Kier alpha value is -2.72. The Morgan fingerprint density at radius 3 is 2.55 bits per heavy atom. The zero-order valence-corrected chi connectivity index (χ0v) is 20.2. The van der Waals surface area contributed by atoms with Gasteiger partial charge in [-0.1, -0.05) is 6.92 Å². The molecule has 33 heavy (non-hydrogen) atoms. The summed E-state index contributed by atoms with van der Waals surface area (Å²) in [5.41, 5.74) is 0.740. The van der Waals surface area contributed by atoms with E-state index in [0.29, 0.717) is 34.7 Å². The fourth-order valence-corrected chi connectivity index (χ4v) is 7.92. The molecule has 9 heteroatoms. The minimum Gasteiger partial charge on any atom is -0.497 e. The Balaban J connectivity index is 1.67. The van der Waals surface area contributed by atoms with Gasteiger partial charge in [-0.3, -0.25) is 9.59 Å². The molecule has 1 fully saturated rings. The van der Waals surface area contributed by atoms with Crippen molar-refractivity contribution in [3.05, 3.63) is 53.6 Å². The topological polar surface area (TPSA) is 117 Å². The molecule has 1 spiro atoms. The van der Waals surface area contributed by atoms with Crippen LogP contribution in [0.25, 0.3) is 0 Å². The van der Waals surface area contributed by atoms with E-state index in [4.69, 9.17) is 9.47 Å². The number of hydrogen-bond acceptors (Lipinski definition) is 6. The first kappa shape index (κ1) is 23.4. The van der Waals surface area contributed by atoms with Crippen LogP contribution in [-0.2, 0) is 15.1 Å². The van der Waals surface area contributed by atoms with E-state index >= 15 is 0 Å². The van der Waals surface area contributed by atoms with Gasteiger partial charge in [0.05, 0.1) is 13.2 Å². The van der Waals surface area contributed by atoms with Gasteiger partial charge in [0.1, 0.15) is 5.75 Å². The maximum atomic E-state index is 13.2. The molecule has 2 heterocycles. The summed E-state index contributed by atoms with van der Waals surface area (Å²) in [5.74, 6) is -0.226. The predicted octanol–water partition coefficient (Wildman–Crippen LogP) is 3.08. The van der Waals surface area contributed by atoms with Crippen LogP contribution >= 0.6 is 0 Å². The Morgan fingerprint density at radius 1 is 1.24 bits per heavy atom. The van der Waals surface area contributed by atoms with Crippen LogP contribution in [0.1, 0.15) is 29.3 Å². The number of fused-ring (bicyclic) bond motifs is 2. The number of nitrogens with one attached hydrogen (secondary N) is 2. The molecule has 1 saturated heterocycles. The maximum Gasteiger partial charge on any atom is 0.261 e. The summed E-state index contributed by atoms with van der Waals surface area (Å²) in [7, 11) is -1.16. The summed E-state index contributed by atoms with van der Waals surface area (Å²) < 4.78 is 11.5. The fraction of sp³-hybridized carbons (Fsp3) is 0.417. The summed E-state index contributed by atoms with van der Waals surface area (Å²) in [4.78, 5) is 37.0. The number of aliphatic hydroxyl groups is 1. The highest BCUT2D eigenvalue weighted by Crippen LogP contribution is 2.58. The second-order valence-electron chi connectivity index (χ2n) is 9.27.